The summed E-state index contributed by atoms with van der Waals surface area (Å²) in [4.78, 5) is 13.5. The van der Waals surface area contributed by atoms with E-state index in [0.29, 0.717) is 29.9 Å². The van der Waals surface area contributed by atoms with Crippen LogP contribution in [0.5, 0.6) is 5.75 Å². The number of halogens is 1. The molecule has 3 N–H and O–H groups in total. The minimum absolute atomic E-state index is 0.134. The molecule has 0 aliphatic carbocycles. The Bertz CT molecular complexity index is 553. The van der Waals surface area contributed by atoms with Crippen LogP contribution < -0.4 is 10.5 Å². The van der Waals surface area contributed by atoms with E-state index < -0.39 is 6.10 Å². The van der Waals surface area contributed by atoms with Crippen molar-refractivity contribution in [3.8, 4) is 5.75 Å². The van der Waals surface area contributed by atoms with Crippen molar-refractivity contribution < 1.29 is 14.6 Å². The van der Waals surface area contributed by atoms with Gasteiger partial charge in [0.25, 0.3) is 0 Å². The van der Waals surface area contributed by atoms with Gasteiger partial charge in [-0.3, -0.25) is 9.69 Å². The Labute approximate surface area is 142 Å². The summed E-state index contributed by atoms with van der Waals surface area (Å²) in [5.41, 5.74) is 6.45. The van der Waals surface area contributed by atoms with E-state index in [4.69, 9.17) is 22.1 Å². The van der Waals surface area contributed by atoms with Crippen LogP contribution in [-0.2, 0) is 4.79 Å². The van der Waals surface area contributed by atoms with Crippen LogP contribution in [0.4, 0.5) is 0 Å². The standard InChI is InChI=1S/C17H25ClN2O3/c1-11-3-6-15(18)16(7-11)23-10-14(21)9-20-8-13(17(19)22)5-4-12(20)2/h3,6-7,12-14,21H,4-5,8-10H2,1-2H3,(H2,19,22)/t12-,13-,14-/m1/s1. The van der Waals surface area contributed by atoms with Crippen molar-refractivity contribution in [1.29, 1.82) is 0 Å². The maximum Gasteiger partial charge on any atom is 0.221 e. The highest BCUT2D eigenvalue weighted by molar-refractivity contribution is 6.32. The number of benzene rings is 1. The van der Waals surface area contributed by atoms with Gasteiger partial charge in [-0.05, 0) is 44.4 Å². The molecule has 6 heteroatoms. The molecule has 0 aromatic heterocycles. The number of carbonyl (C=O) groups excluding carboxylic acids is 1. The van der Waals surface area contributed by atoms with Crippen molar-refractivity contribution in [3.63, 3.8) is 0 Å². The molecule has 1 saturated heterocycles. The third kappa shape index (κ3) is 5.09. The molecule has 2 rings (SSSR count). The van der Waals surface area contributed by atoms with Crippen LogP contribution >= 0.6 is 11.6 Å². The molecule has 0 spiro atoms. The van der Waals surface area contributed by atoms with Gasteiger partial charge < -0.3 is 15.6 Å². The van der Waals surface area contributed by atoms with Crippen molar-refractivity contribution in [2.45, 2.75) is 38.8 Å². The van der Waals surface area contributed by atoms with E-state index in [9.17, 15) is 9.90 Å². The highest BCUT2D eigenvalue weighted by Crippen LogP contribution is 2.26. The zero-order valence-corrected chi connectivity index (χ0v) is 14.4. The predicted octanol–water partition coefficient (Wildman–Crippen LogP) is 1.97. The molecule has 0 radical (unpaired) electrons. The van der Waals surface area contributed by atoms with Gasteiger partial charge in [-0.25, -0.2) is 0 Å². The number of hydrogen-bond donors (Lipinski definition) is 2. The Morgan fingerprint density at radius 2 is 2.26 bits per heavy atom. The molecular weight excluding hydrogens is 316 g/mol. The van der Waals surface area contributed by atoms with E-state index in [0.717, 1.165) is 18.4 Å². The number of nitrogens with two attached hydrogens (primary N) is 1. The summed E-state index contributed by atoms with van der Waals surface area (Å²) in [6.45, 7) is 5.27. The van der Waals surface area contributed by atoms with Gasteiger partial charge in [-0.1, -0.05) is 17.7 Å². The molecule has 0 unspecified atom stereocenters. The number of rotatable bonds is 6. The van der Waals surface area contributed by atoms with E-state index in [2.05, 4.69) is 11.8 Å². The number of piperidine rings is 1. The van der Waals surface area contributed by atoms with Crippen LogP contribution in [0.1, 0.15) is 25.3 Å². The van der Waals surface area contributed by atoms with Crippen LogP contribution in [0.25, 0.3) is 0 Å². The average molecular weight is 341 g/mol. The molecule has 1 amide bonds. The number of hydrogen-bond acceptors (Lipinski definition) is 4. The lowest BCUT2D eigenvalue weighted by Crippen LogP contribution is -2.49. The van der Waals surface area contributed by atoms with Gasteiger partial charge in [-0.2, -0.15) is 0 Å². The van der Waals surface area contributed by atoms with Crippen molar-refractivity contribution >= 4 is 17.5 Å². The van der Waals surface area contributed by atoms with Crippen LogP contribution in [0, 0.1) is 12.8 Å². The Hall–Kier alpha value is -1.30. The van der Waals surface area contributed by atoms with Crippen molar-refractivity contribution in [2.75, 3.05) is 19.7 Å². The Morgan fingerprint density at radius 3 is 2.96 bits per heavy atom. The fraction of sp³-hybridized carbons (Fsp3) is 0.588. The zero-order valence-electron chi connectivity index (χ0n) is 13.7. The van der Waals surface area contributed by atoms with Gasteiger partial charge in [0.1, 0.15) is 18.5 Å². The Balaban J connectivity index is 1.87. The number of amides is 1. The molecule has 5 nitrogen and oxygen atoms in total. The van der Waals surface area contributed by atoms with E-state index in [1.165, 1.54) is 0 Å². The molecule has 1 fully saturated rings. The van der Waals surface area contributed by atoms with Crippen molar-refractivity contribution in [1.82, 2.24) is 4.90 Å². The van der Waals surface area contributed by atoms with E-state index in [1.807, 2.05) is 19.1 Å². The summed E-state index contributed by atoms with van der Waals surface area (Å²) in [6.07, 6.45) is 1.07. The lowest BCUT2D eigenvalue weighted by atomic mass is 9.93. The third-order valence-corrected chi connectivity index (χ3v) is 4.69. The predicted molar refractivity (Wildman–Crippen MR) is 90.6 cm³/mol. The molecule has 1 aromatic rings. The number of aliphatic hydroxyl groups excluding tert-OH is 1. The maximum atomic E-state index is 11.4. The lowest BCUT2D eigenvalue weighted by molar-refractivity contribution is -0.124. The average Bonchev–Trinajstić information content (AvgIpc) is 2.50. The highest BCUT2D eigenvalue weighted by Gasteiger charge is 2.29. The molecular formula is C17H25ClN2O3. The first-order chi connectivity index (χ1) is 10.9. The summed E-state index contributed by atoms with van der Waals surface area (Å²) in [5.74, 6) is 0.178. The first-order valence-electron chi connectivity index (χ1n) is 7.97. The molecule has 3 atom stereocenters. The summed E-state index contributed by atoms with van der Waals surface area (Å²) in [6, 6.07) is 5.86. The smallest absolute Gasteiger partial charge is 0.221 e. The number of ether oxygens (including phenoxy) is 1. The van der Waals surface area contributed by atoms with Gasteiger partial charge >= 0.3 is 0 Å². The third-order valence-electron chi connectivity index (χ3n) is 4.38. The highest BCUT2D eigenvalue weighted by atomic mass is 35.5. The van der Waals surface area contributed by atoms with Crippen molar-refractivity contribution in [2.24, 2.45) is 11.7 Å². The number of aliphatic hydroxyl groups is 1. The van der Waals surface area contributed by atoms with Crippen LogP contribution in [-0.4, -0.2) is 47.8 Å². The summed E-state index contributed by atoms with van der Waals surface area (Å²) in [5, 5.41) is 10.8. The SMILES string of the molecule is Cc1ccc(Cl)c(OC[C@H](O)CN2C[C@H](C(N)=O)CC[C@H]2C)c1. The molecule has 1 aromatic carbocycles. The van der Waals surface area contributed by atoms with Crippen molar-refractivity contribution in [3.05, 3.63) is 28.8 Å². The van der Waals surface area contributed by atoms with Gasteiger partial charge in [0, 0.05) is 19.1 Å². The molecule has 23 heavy (non-hydrogen) atoms. The molecule has 1 aliphatic heterocycles. The Kier molecular flexibility index (Phi) is 6.27. The number of likely N-dealkylation sites (tertiary alicyclic amines) is 1. The topological polar surface area (TPSA) is 75.8 Å². The first kappa shape index (κ1) is 18.0. The van der Waals surface area contributed by atoms with Crippen LogP contribution in [0.3, 0.4) is 0 Å². The van der Waals surface area contributed by atoms with Gasteiger partial charge in [0.15, 0.2) is 0 Å². The molecule has 128 valence electrons. The molecule has 0 saturated carbocycles. The fourth-order valence-electron chi connectivity index (χ4n) is 2.90. The second kappa shape index (κ2) is 7.99. The zero-order chi connectivity index (χ0) is 17.0. The summed E-state index contributed by atoms with van der Waals surface area (Å²) < 4.78 is 5.63. The molecule has 1 heterocycles. The monoisotopic (exact) mass is 340 g/mol. The second-order valence-corrected chi connectivity index (χ2v) is 6.79. The quantitative estimate of drug-likeness (QED) is 0.830. The Morgan fingerprint density at radius 1 is 1.52 bits per heavy atom. The number of primary amides is 1. The number of carbonyl (C=O) groups is 1. The first-order valence-corrected chi connectivity index (χ1v) is 8.35. The summed E-state index contributed by atoms with van der Waals surface area (Å²) >= 11 is 6.08. The number of aryl methyl sites for hydroxylation is 1. The maximum absolute atomic E-state index is 11.4. The minimum Gasteiger partial charge on any atom is -0.489 e. The normalized spacial score (nSPS) is 23.5. The second-order valence-electron chi connectivity index (χ2n) is 6.38. The van der Waals surface area contributed by atoms with Gasteiger partial charge in [-0.15, -0.1) is 0 Å². The largest absolute Gasteiger partial charge is 0.489 e. The summed E-state index contributed by atoms with van der Waals surface area (Å²) in [7, 11) is 0. The lowest BCUT2D eigenvalue weighted by Gasteiger charge is -2.37. The minimum atomic E-state index is -0.652. The number of β-amino-alcohol motifs (C(OH)–C–C–N with tert-alkyl or cyclic N) is 1. The van der Waals surface area contributed by atoms with Gasteiger partial charge in [0.05, 0.1) is 10.9 Å². The van der Waals surface area contributed by atoms with Gasteiger partial charge in [0.2, 0.25) is 5.91 Å². The van der Waals surface area contributed by atoms with E-state index in [-0.39, 0.29) is 18.4 Å². The van der Waals surface area contributed by atoms with Crippen LogP contribution in [0.15, 0.2) is 18.2 Å². The number of nitrogens with zero attached hydrogens (tertiary/aromatic N) is 1. The van der Waals surface area contributed by atoms with Crippen LogP contribution in [0.2, 0.25) is 5.02 Å². The van der Waals surface area contributed by atoms with E-state index >= 15 is 0 Å². The molecule has 1 aliphatic rings. The fourth-order valence-corrected chi connectivity index (χ4v) is 3.07. The molecule has 0 bridgehead atoms. The van der Waals surface area contributed by atoms with E-state index in [1.54, 1.807) is 6.07 Å².